The highest BCUT2D eigenvalue weighted by molar-refractivity contribution is 6.30. The Balaban J connectivity index is 1.79. The highest BCUT2D eigenvalue weighted by Gasteiger charge is 2.14. The highest BCUT2D eigenvalue weighted by Crippen LogP contribution is 2.32. The molecule has 160 valence electrons. The van der Waals surface area contributed by atoms with Crippen LogP contribution >= 0.6 is 11.6 Å². The number of aryl methyl sites for hydroxylation is 1. The van der Waals surface area contributed by atoms with Crippen molar-refractivity contribution in [3.05, 3.63) is 73.5 Å². The molecule has 31 heavy (non-hydrogen) atoms. The zero-order valence-corrected chi connectivity index (χ0v) is 18.2. The molecule has 2 aromatic carbocycles. The largest absolute Gasteiger partial charge is 0.370 e. The van der Waals surface area contributed by atoms with E-state index in [1.54, 1.807) is 30.5 Å². The van der Waals surface area contributed by atoms with Gasteiger partial charge in [0.15, 0.2) is 0 Å². The first-order chi connectivity index (χ1) is 14.9. The number of rotatable bonds is 6. The van der Waals surface area contributed by atoms with Crippen LogP contribution in [-0.2, 0) is 0 Å². The topological polar surface area (TPSA) is 102 Å². The summed E-state index contributed by atoms with van der Waals surface area (Å²) < 4.78 is 1.46. The van der Waals surface area contributed by atoms with Crippen molar-refractivity contribution in [3.8, 4) is 5.69 Å². The number of aliphatic imine (C=N–C) groups is 1. The van der Waals surface area contributed by atoms with Crippen LogP contribution in [0.5, 0.6) is 0 Å². The molecule has 0 aliphatic carbocycles. The Morgan fingerprint density at radius 3 is 2.35 bits per heavy atom. The third-order valence-corrected chi connectivity index (χ3v) is 5.50. The standard InChI is InChI=1S/C22H23ClN6O2/c1-4-28(5-2)20-11-18-17(25-22(31)26-18)10-19(20)24-12-16-13(3)27-29(21(16)30)15-8-6-14(23)7-9-15/h6-12,27H,4-5H2,1-3H3,(H2,25,26,31). The number of nitrogens with zero attached hydrogens (tertiary/aromatic N) is 3. The van der Waals surface area contributed by atoms with Crippen LogP contribution in [0.2, 0.25) is 5.02 Å². The average molecular weight is 439 g/mol. The number of halogens is 1. The van der Waals surface area contributed by atoms with E-state index < -0.39 is 0 Å². The van der Waals surface area contributed by atoms with Crippen molar-refractivity contribution in [2.45, 2.75) is 20.8 Å². The number of hydrogen-bond acceptors (Lipinski definition) is 4. The van der Waals surface area contributed by atoms with E-state index in [0.717, 1.165) is 18.8 Å². The maximum Gasteiger partial charge on any atom is 0.323 e. The van der Waals surface area contributed by atoms with Gasteiger partial charge in [-0.1, -0.05) is 11.6 Å². The lowest BCUT2D eigenvalue weighted by Gasteiger charge is -2.22. The Morgan fingerprint density at radius 1 is 1.06 bits per heavy atom. The molecule has 0 amide bonds. The Hall–Kier alpha value is -3.52. The monoisotopic (exact) mass is 438 g/mol. The minimum absolute atomic E-state index is 0.205. The summed E-state index contributed by atoms with van der Waals surface area (Å²) in [5.74, 6) is 0. The zero-order valence-electron chi connectivity index (χ0n) is 17.5. The van der Waals surface area contributed by atoms with Gasteiger partial charge >= 0.3 is 5.69 Å². The molecule has 0 saturated carbocycles. The third kappa shape index (κ3) is 3.94. The van der Waals surface area contributed by atoms with Gasteiger partial charge in [0, 0.05) is 30.0 Å². The first-order valence-electron chi connectivity index (χ1n) is 10.0. The molecule has 0 aliphatic rings. The fourth-order valence-electron chi connectivity index (χ4n) is 3.60. The van der Waals surface area contributed by atoms with Crippen LogP contribution in [0.25, 0.3) is 16.7 Å². The molecule has 4 rings (SSSR count). The van der Waals surface area contributed by atoms with E-state index in [1.807, 2.05) is 19.1 Å². The summed E-state index contributed by atoms with van der Waals surface area (Å²) in [7, 11) is 0. The predicted octanol–water partition coefficient (Wildman–Crippen LogP) is 3.89. The Kier molecular flexibility index (Phi) is 5.56. The Labute approximate surface area is 183 Å². The van der Waals surface area contributed by atoms with Gasteiger partial charge in [0.05, 0.1) is 33.7 Å². The number of nitrogens with one attached hydrogen (secondary N) is 3. The molecule has 4 aromatic rings. The first kappa shape index (κ1) is 20.7. The molecule has 0 spiro atoms. The molecule has 2 heterocycles. The van der Waals surface area contributed by atoms with Crippen molar-refractivity contribution in [1.29, 1.82) is 0 Å². The van der Waals surface area contributed by atoms with Crippen LogP contribution in [0.4, 0.5) is 11.4 Å². The normalized spacial score (nSPS) is 11.6. The lowest BCUT2D eigenvalue weighted by molar-refractivity contribution is 0.835. The second-order valence-corrected chi connectivity index (χ2v) is 7.60. The highest BCUT2D eigenvalue weighted by atomic mass is 35.5. The van der Waals surface area contributed by atoms with Crippen molar-refractivity contribution in [1.82, 2.24) is 19.7 Å². The van der Waals surface area contributed by atoms with Crippen LogP contribution in [0, 0.1) is 6.92 Å². The average Bonchev–Trinajstić information content (AvgIpc) is 3.25. The van der Waals surface area contributed by atoms with Gasteiger partial charge in [-0.15, -0.1) is 0 Å². The molecule has 0 bridgehead atoms. The lowest BCUT2D eigenvalue weighted by atomic mass is 10.2. The van der Waals surface area contributed by atoms with Crippen LogP contribution < -0.4 is 16.1 Å². The van der Waals surface area contributed by atoms with Gasteiger partial charge in [0.1, 0.15) is 0 Å². The second-order valence-electron chi connectivity index (χ2n) is 7.16. The van der Waals surface area contributed by atoms with Crippen molar-refractivity contribution in [2.24, 2.45) is 4.99 Å². The van der Waals surface area contributed by atoms with Gasteiger partial charge in [-0.05, 0) is 57.2 Å². The Morgan fingerprint density at radius 2 is 1.71 bits per heavy atom. The molecule has 9 heteroatoms. The van der Waals surface area contributed by atoms with Crippen molar-refractivity contribution >= 4 is 40.2 Å². The molecular weight excluding hydrogens is 416 g/mol. The van der Waals surface area contributed by atoms with Crippen LogP contribution in [0.3, 0.4) is 0 Å². The summed E-state index contributed by atoms with van der Waals surface area (Å²) in [6, 6.07) is 10.7. The van der Waals surface area contributed by atoms with E-state index in [1.165, 1.54) is 4.68 Å². The van der Waals surface area contributed by atoms with Gasteiger partial charge in [-0.3, -0.25) is 14.9 Å². The number of H-pyrrole nitrogens is 3. The Bertz CT molecular complexity index is 1370. The maximum absolute atomic E-state index is 13.0. The molecular formula is C22H23ClN6O2. The van der Waals surface area contributed by atoms with E-state index in [9.17, 15) is 9.59 Å². The van der Waals surface area contributed by atoms with Crippen molar-refractivity contribution in [3.63, 3.8) is 0 Å². The van der Waals surface area contributed by atoms with E-state index in [4.69, 9.17) is 11.6 Å². The fraction of sp³-hybridized carbons (Fsp3) is 0.227. The summed E-state index contributed by atoms with van der Waals surface area (Å²) in [5, 5.41) is 3.69. The molecule has 0 radical (unpaired) electrons. The van der Waals surface area contributed by atoms with Gasteiger partial charge in [0.25, 0.3) is 5.56 Å². The lowest BCUT2D eigenvalue weighted by Crippen LogP contribution is -2.22. The number of aromatic nitrogens is 4. The fourth-order valence-corrected chi connectivity index (χ4v) is 3.72. The van der Waals surface area contributed by atoms with Gasteiger partial charge in [-0.2, -0.15) is 0 Å². The molecule has 3 N–H and O–H groups in total. The number of imidazole rings is 1. The zero-order chi connectivity index (χ0) is 22.1. The van der Waals surface area contributed by atoms with E-state index >= 15 is 0 Å². The molecule has 0 aliphatic heterocycles. The maximum atomic E-state index is 13.0. The molecule has 0 atom stereocenters. The molecule has 2 aromatic heterocycles. The van der Waals surface area contributed by atoms with Gasteiger partial charge in [-0.25, -0.2) is 9.48 Å². The molecule has 0 unspecified atom stereocenters. The second kappa shape index (κ2) is 8.31. The summed E-state index contributed by atoms with van der Waals surface area (Å²) in [6.07, 6.45) is 1.57. The minimum Gasteiger partial charge on any atom is -0.370 e. The van der Waals surface area contributed by atoms with Crippen LogP contribution in [0.15, 0.2) is 51.0 Å². The van der Waals surface area contributed by atoms with Crippen molar-refractivity contribution < 1.29 is 0 Å². The van der Waals surface area contributed by atoms with Crippen LogP contribution in [-0.4, -0.2) is 39.1 Å². The summed E-state index contributed by atoms with van der Waals surface area (Å²) in [4.78, 5) is 37.1. The third-order valence-electron chi connectivity index (χ3n) is 5.25. The molecule has 0 saturated heterocycles. The number of anilines is 1. The number of hydrogen-bond donors (Lipinski definition) is 3. The minimum atomic E-state index is -0.269. The van der Waals surface area contributed by atoms with E-state index in [2.05, 4.69) is 38.8 Å². The summed E-state index contributed by atoms with van der Waals surface area (Å²) >= 11 is 5.95. The predicted molar refractivity (Wildman–Crippen MR) is 126 cm³/mol. The van der Waals surface area contributed by atoms with Gasteiger partial charge < -0.3 is 14.9 Å². The van der Waals surface area contributed by atoms with Crippen molar-refractivity contribution in [2.75, 3.05) is 18.0 Å². The SMILES string of the molecule is CCN(CC)c1cc2[nH]c(=O)[nH]c2cc1N=Cc1c(C)[nH]n(-c2ccc(Cl)cc2)c1=O. The number of fused-ring (bicyclic) bond motifs is 1. The summed E-state index contributed by atoms with van der Waals surface area (Å²) in [5.41, 5.74) is 4.31. The van der Waals surface area contributed by atoms with Crippen LogP contribution in [0.1, 0.15) is 25.1 Å². The molecule has 0 fully saturated rings. The quantitative estimate of drug-likeness (QED) is 0.398. The molecule has 8 nitrogen and oxygen atoms in total. The van der Waals surface area contributed by atoms with E-state index in [0.29, 0.717) is 38.7 Å². The first-order valence-corrected chi connectivity index (χ1v) is 10.4. The number of benzene rings is 2. The smallest absolute Gasteiger partial charge is 0.323 e. The van der Waals surface area contributed by atoms with E-state index in [-0.39, 0.29) is 11.2 Å². The summed E-state index contributed by atoms with van der Waals surface area (Å²) in [6.45, 7) is 7.51. The van der Waals surface area contributed by atoms with Gasteiger partial charge in [0.2, 0.25) is 0 Å². The number of aromatic amines is 3.